The highest BCUT2D eigenvalue weighted by Gasteiger charge is 2.19. The number of hydrogen-bond acceptors (Lipinski definition) is 2. The predicted molar refractivity (Wildman–Crippen MR) is 76.6 cm³/mol. The van der Waals surface area contributed by atoms with Crippen LogP contribution in [0.5, 0.6) is 0 Å². The van der Waals surface area contributed by atoms with E-state index < -0.39 is 11.7 Å². The Morgan fingerprint density at radius 2 is 2.00 bits per heavy atom. The number of ether oxygens (including phenoxy) is 1. The maximum Gasteiger partial charge on any atom is 0.408 e. The molecular weight excluding hydrogens is 313 g/mol. The first kappa shape index (κ1) is 16.0. The standard InChI is InChI=1S/C14H19BrFNO2/c1-8-6-11(15)12(16)7-10(8)9(2)17-13(18)19-14(3,4)5/h6-7,9H,1-5H3,(H,17,18)/t9-/m0/s1. The van der Waals surface area contributed by atoms with Gasteiger partial charge >= 0.3 is 6.09 Å². The molecule has 0 saturated heterocycles. The number of hydrogen-bond donors (Lipinski definition) is 1. The van der Waals surface area contributed by atoms with E-state index in [0.29, 0.717) is 4.47 Å². The highest BCUT2D eigenvalue weighted by molar-refractivity contribution is 9.10. The van der Waals surface area contributed by atoms with Crippen LogP contribution in [0.3, 0.4) is 0 Å². The van der Waals surface area contributed by atoms with Crippen molar-refractivity contribution in [1.29, 1.82) is 0 Å². The molecule has 0 unspecified atom stereocenters. The number of carbonyl (C=O) groups excluding carboxylic acids is 1. The van der Waals surface area contributed by atoms with Crippen molar-refractivity contribution < 1.29 is 13.9 Å². The van der Waals surface area contributed by atoms with Gasteiger partial charge in [0.1, 0.15) is 11.4 Å². The van der Waals surface area contributed by atoms with Gasteiger partial charge in [0.05, 0.1) is 10.5 Å². The van der Waals surface area contributed by atoms with Crippen LogP contribution in [0.15, 0.2) is 16.6 Å². The van der Waals surface area contributed by atoms with Crippen LogP contribution in [0, 0.1) is 12.7 Å². The number of amides is 1. The average Bonchev–Trinajstić information content (AvgIpc) is 2.20. The van der Waals surface area contributed by atoms with Gasteiger partial charge in [0.2, 0.25) is 0 Å². The molecule has 0 saturated carbocycles. The number of nitrogens with one attached hydrogen (secondary N) is 1. The number of aryl methyl sites for hydroxylation is 1. The summed E-state index contributed by atoms with van der Waals surface area (Å²) in [6.07, 6.45) is -0.511. The summed E-state index contributed by atoms with van der Waals surface area (Å²) in [6.45, 7) is 9.04. The Balaban J connectivity index is 2.81. The van der Waals surface area contributed by atoms with Crippen molar-refractivity contribution in [2.24, 2.45) is 0 Å². The van der Waals surface area contributed by atoms with Crippen molar-refractivity contribution in [3.8, 4) is 0 Å². The van der Waals surface area contributed by atoms with Gasteiger partial charge < -0.3 is 10.1 Å². The molecular formula is C14H19BrFNO2. The van der Waals surface area contributed by atoms with E-state index in [-0.39, 0.29) is 11.9 Å². The first-order chi connectivity index (χ1) is 8.60. The second-order valence-electron chi connectivity index (χ2n) is 5.49. The Morgan fingerprint density at radius 3 is 2.53 bits per heavy atom. The zero-order chi connectivity index (χ0) is 14.8. The van der Waals surface area contributed by atoms with E-state index >= 15 is 0 Å². The van der Waals surface area contributed by atoms with Gasteiger partial charge in [0, 0.05) is 0 Å². The smallest absolute Gasteiger partial charge is 0.408 e. The monoisotopic (exact) mass is 331 g/mol. The van der Waals surface area contributed by atoms with Gasteiger partial charge in [-0.25, -0.2) is 9.18 Å². The first-order valence-corrected chi connectivity index (χ1v) is 6.84. The van der Waals surface area contributed by atoms with Crippen molar-refractivity contribution in [1.82, 2.24) is 5.32 Å². The fraction of sp³-hybridized carbons (Fsp3) is 0.500. The van der Waals surface area contributed by atoms with Gasteiger partial charge in [-0.2, -0.15) is 0 Å². The third kappa shape index (κ3) is 4.82. The van der Waals surface area contributed by atoms with Crippen LogP contribution in [0.25, 0.3) is 0 Å². The minimum absolute atomic E-state index is 0.322. The third-order valence-electron chi connectivity index (χ3n) is 2.51. The number of halogens is 2. The van der Waals surface area contributed by atoms with Crippen LogP contribution in [-0.4, -0.2) is 11.7 Å². The Hall–Kier alpha value is -1.10. The summed E-state index contributed by atoms with van der Waals surface area (Å²) >= 11 is 3.13. The second-order valence-corrected chi connectivity index (χ2v) is 6.35. The molecule has 0 heterocycles. The van der Waals surface area contributed by atoms with Crippen LogP contribution in [0.2, 0.25) is 0 Å². The Labute approximate surface area is 121 Å². The maximum atomic E-state index is 13.5. The van der Waals surface area contributed by atoms with E-state index in [1.165, 1.54) is 6.07 Å². The minimum atomic E-state index is -0.552. The van der Waals surface area contributed by atoms with Crippen molar-refractivity contribution in [3.05, 3.63) is 33.5 Å². The van der Waals surface area contributed by atoms with Gasteiger partial charge in [0.15, 0.2) is 0 Å². The van der Waals surface area contributed by atoms with E-state index in [1.807, 2.05) is 6.92 Å². The molecule has 0 spiro atoms. The maximum absolute atomic E-state index is 13.5. The van der Waals surface area contributed by atoms with Crippen LogP contribution in [0.1, 0.15) is 44.9 Å². The summed E-state index contributed by atoms with van der Waals surface area (Å²) in [6, 6.07) is 2.79. The minimum Gasteiger partial charge on any atom is -0.444 e. The topological polar surface area (TPSA) is 38.3 Å². The lowest BCUT2D eigenvalue weighted by Gasteiger charge is -2.23. The molecule has 1 atom stereocenters. The van der Waals surface area contributed by atoms with E-state index in [9.17, 15) is 9.18 Å². The van der Waals surface area contributed by atoms with E-state index in [2.05, 4.69) is 21.2 Å². The molecule has 1 rings (SSSR count). The van der Waals surface area contributed by atoms with Gasteiger partial charge in [-0.1, -0.05) is 0 Å². The van der Waals surface area contributed by atoms with Gasteiger partial charge in [0.25, 0.3) is 0 Å². The lowest BCUT2D eigenvalue weighted by Crippen LogP contribution is -2.34. The molecule has 0 aliphatic heterocycles. The van der Waals surface area contributed by atoms with E-state index in [0.717, 1.165) is 11.1 Å². The van der Waals surface area contributed by atoms with Gasteiger partial charge in [-0.3, -0.25) is 0 Å². The van der Waals surface area contributed by atoms with Crippen molar-refractivity contribution >= 4 is 22.0 Å². The Kier molecular flexibility index (Phi) is 4.96. The number of alkyl carbamates (subject to hydrolysis) is 1. The zero-order valence-electron chi connectivity index (χ0n) is 11.8. The average molecular weight is 332 g/mol. The molecule has 0 aliphatic rings. The normalized spacial score (nSPS) is 13.0. The van der Waals surface area contributed by atoms with Crippen molar-refractivity contribution in [3.63, 3.8) is 0 Å². The summed E-state index contributed by atoms with van der Waals surface area (Å²) in [7, 11) is 0. The lowest BCUT2D eigenvalue weighted by atomic mass is 10.0. The molecule has 1 amide bonds. The summed E-state index contributed by atoms with van der Waals surface area (Å²) in [5.41, 5.74) is 1.08. The van der Waals surface area contributed by atoms with Crippen LogP contribution < -0.4 is 5.32 Å². The van der Waals surface area contributed by atoms with Crippen LogP contribution in [-0.2, 0) is 4.74 Å². The van der Waals surface area contributed by atoms with E-state index in [1.54, 1.807) is 33.8 Å². The zero-order valence-corrected chi connectivity index (χ0v) is 13.4. The Bertz CT molecular complexity index is 483. The second kappa shape index (κ2) is 5.90. The van der Waals surface area contributed by atoms with Crippen LogP contribution >= 0.6 is 15.9 Å². The predicted octanol–water partition coefficient (Wildman–Crippen LogP) is 4.48. The van der Waals surface area contributed by atoms with Crippen molar-refractivity contribution in [2.75, 3.05) is 0 Å². The van der Waals surface area contributed by atoms with Gasteiger partial charge in [-0.15, -0.1) is 0 Å². The van der Waals surface area contributed by atoms with Crippen LogP contribution in [0.4, 0.5) is 9.18 Å². The molecule has 19 heavy (non-hydrogen) atoms. The molecule has 1 aromatic rings. The number of benzene rings is 1. The molecule has 5 heteroatoms. The third-order valence-corrected chi connectivity index (χ3v) is 3.12. The lowest BCUT2D eigenvalue weighted by molar-refractivity contribution is 0.0507. The molecule has 1 N–H and O–H groups in total. The molecule has 106 valence electrons. The SMILES string of the molecule is Cc1cc(Br)c(F)cc1[C@H](C)NC(=O)OC(C)(C)C. The molecule has 0 fully saturated rings. The highest BCUT2D eigenvalue weighted by atomic mass is 79.9. The number of carbonyl (C=O) groups is 1. The fourth-order valence-corrected chi connectivity index (χ4v) is 2.15. The molecule has 3 nitrogen and oxygen atoms in total. The largest absolute Gasteiger partial charge is 0.444 e. The molecule has 0 bridgehead atoms. The molecule has 1 aromatic carbocycles. The summed E-state index contributed by atoms with van der Waals surface area (Å²) in [5, 5.41) is 2.70. The highest BCUT2D eigenvalue weighted by Crippen LogP contribution is 2.25. The summed E-state index contributed by atoms with van der Waals surface area (Å²) in [4.78, 5) is 11.7. The number of rotatable bonds is 2. The molecule has 0 aromatic heterocycles. The fourth-order valence-electron chi connectivity index (χ4n) is 1.69. The first-order valence-electron chi connectivity index (χ1n) is 6.05. The summed E-state index contributed by atoms with van der Waals surface area (Å²) < 4.78 is 19.1. The van der Waals surface area contributed by atoms with Gasteiger partial charge in [-0.05, 0) is 73.8 Å². The summed E-state index contributed by atoms with van der Waals surface area (Å²) in [5.74, 6) is -0.349. The van der Waals surface area contributed by atoms with Crippen molar-refractivity contribution in [2.45, 2.75) is 46.3 Å². The van der Waals surface area contributed by atoms with E-state index in [4.69, 9.17) is 4.74 Å². The molecule has 0 aliphatic carbocycles. The Morgan fingerprint density at radius 1 is 1.42 bits per heavy atom. The quantitative estimate of drug-likeness (QED) is 0.867. The molecule has 0 radical (unpaired) electrons.